The number of halogens is 2. The summed E-state index contributed by atoms with van der Waals surface area (Å²) in [6, 6.07) is 11.8. The summed E-state index contributed by atoms with van der Waals surface area (Å²) < 4.78 is 27.4. The first-order valence-electron chi connectivity index (χ1n) is 9.58. The van der Waals surface area contributed by atoms with Crippen LogP contribution in [0.1, 0.15) is 41.6 Å². The Bertz CT molecular complexity index is 839. The molecule has 1 aliphatic heterocycles. The van der Waals surface area contributed by atoms with E-state index in [1.54, 1.807) is 18.2 Å². The highest BCUT2D eigenvalue weighted by Gasteiger charge is 2.40. The third-order valence-electron chi connectivity index (χ3n) is 5.18. The molecule has 1 fully saturated rings. The van der Waals surface area contributed by atoms with Gasteiger partial charge in [-0.2, -0.15) is 0 Å². The number of hydrogen-bond donors (Lipinski definition) is 1. The molecule has 1 heterocycles. The molecule has 0 bridgehead atoms. The minimum absolute atomic E-state index is 0.00704. The number of amides is 2. The lowest BCUT2D eigenvalue weighted by molar-refractivity contribution is -0.124. The van der Waals surface area contributed by atoms with Crippen LogP contribution in [0.25, 0.3) is 0 Å². The number of likely N-dealkylation sites (tertiary alicyclic amines) is 1. The Hall–Kier alpha value is -2.76. The Balaban J connectivity index is 1.83. The highest BCUT2D eigenvalue weighted by atomic mass is 19.1. The molecule has 0 unspecified atom stereocenters. The molecule has 3 rings (SSSR count). The maximum absolute atomic E-state index is 14.1. The fourth-order valence-electron chi connectivity index (χ4n) is 3.61. The monoisotopic (exact) mass is 386 g/mol. The number of carbonyl (C=O) groups is 2. The molecule has 1 saturated heterocycles. The van der Waals surface area contributed by atoms with Crippen LogP contribution in [0.15, 0.2) is 48.5 Å². The Labute approximate surface area is 163 Å². The molecule has 0 saturated carbocycles. The molecule has 1 N–H and O–H groups in total. The van der Waals surface area contributed by atoms with Crippen molar-refractivity contribution < 1.29 is 18.4 Å². The first-order chi connectivity index (χ1) is 13.5. The smallest absolute Gasteiger partial charge is 0.256 e. The molecule has 2 amide bonds. The van der Waals surface area contributed by atoms with Crippen molar-refractivity contribution in [2.45, 2.75) is 25.7 Å². The number of hydrogen-bond acceptors (Lipinski definition) is 2. The maximum atomic E-state index is 14.1. The van der Waals surface area contributed by atoms with Crippen LogP contribution < -0.4 is 5.32 Å². The van der Waals surface area contributed by atoms with Crippen LogP contribution in [0.2, 0.25) is 0 Å². The quantitative estimate of drug-likeness (QED) is 0.769. The maximum Gasteiger partial charge on any atom is 0.256 e. The van der Waals surface area contributed by atoms with Gasteiger partial charge in [0.2, 0.25) is 5.91 Å². The minimum Gasteiger partial charge on any atom is -0.356 e. The van der Waals surface area contributed by atoms with Crippen LogP contribution in [0.3, 0.4) is 0 Å². The van der Waals surface area contributed by atoms with Crippen molar-refractivity contribution >= 4 is 11.8 Å². The van der Waals surface area contributed by atoms with E-state index in [2.05, 4.69) is 5.32 Å². The summed E-state index contributed by atoms with van der Waals surface area (Å²) in [6.07, 6.45) is 1.84. The highest BCUT2D eigenvalue weighted by Crippen LogP contribution is 2.34. The fourth-order valence-corrected chi connectivity index (χ4v) is 3.61. The van der Waals surface area contributed by atoms with Gasteiger partial charge in [-0.3, -0.25) is 9.59 Å². The second-order valence-electron chi connectivity index (χ2n) is 7.10. The van der Waals surface area contributed by atoms with Gasteiger partial charge in [0.15, 0.2) is 0 Å². The molecule has 0 aliphatic carbocycles. The molecule has 4 nitrogen and oxygen atoms in total. The van der Waals surface area contributed by atoms with Gasteiger partial charge in [0.25, 0.3) is 5.91 Å². The Morgan fingerprint density at radius 1 is 1.07 bits per heavy atom. The normalized spacial score (nSPS) is 18.9. The zero-order valence-electron chi connectivity index (χ0n) is 15.8. The van der Waals surface area contributed by atoms with E-state index < -0.39 is 17.6 Å². The third-order valence-corrected chi connectivity index (χ3v) is 5.18. The summed E-state index contributed by atoms with van der Waals surface area (Å²) in [5.74, 6) is -2.23. The highest BCUT2D eigenvalue weighted by molar-refractivity contribution is 5.95. The van der Waals surface area contributed by atoms with Crippen molar-refractivity contribution in [2.75, 3.05) is 19.6 Å². The van der Waals surface area contributed by atoms with Crippen LogP contribution in [0.4, 0.5) is 8.78 Å². The number of unbranched alkanes of at least 4 members (excludes halogenated alkanes) is 1. The molecule has 1 aliphatic rings. The minimum atomic E-state index is -0.582. The van der Waals surface area contributed by atoms with Crippen LogP contribution >= 0.6 is 0 Å². The predicted octanol–water partition coefficient (Wildman–Crippen LogP) is 3.74. The van der Waals surface area contributed by atoms with Crippen molar-refractivity contribution in [2.24, 2.45) is 5.92 Å². The van der Waals surface area contributed by atoms with E-state index in [0.29, 0.717) is 6.54 Å². The van der Waals surface area contributed by atoms with Gasteiger partial charge in [-0.15, -0.1) is 0 Å². The van der Waals surface area contributed by atoms with Crippen LogP contribution in [0, 0.1) is 17.6 Å². The van der Waals surface area contributed by atoms with Gasteiger partial charge < -0.3 is 10.2 Å². The first kappa shape index (κ1) is 20.0. The average molecular weight is 386 g/mol. The zero-order chi connectivity index (χ0) is 20.1. The van der Waals surface area contributed by atoms with Crippen LogP contribution in [-0.2, 0) is 4.79 Å². The van der Waals surface area contributed by atoms with Crippen molar-refractivity contribution in [1.29, 1.82) is 0 Å². The lowest BCUT2D eigenvalue weighted by Crippen LogP contribution is -2.36. The van der Waals surface area contributed by atoms with Crippen molar-refractivity contribution in [1.82, 2.24) is 10.2 Å². The van der Waals surface area contributed by atoms with Gasteiger partial charge >= 0.3 is 0 Å². The van der Waals surface area contributed by atoms with E-state index >= 15 is 0 Å². The van der Waals surface area contributed by atoms with Crippen molar-refractivity contribution in [3.8, 4) is 0 Å². The predicted molar refractivity (Wildman–Crippen MR) is 103 cm³/mol. The van der Waals surface area contributed by atoms with E-state index in [-0.39, 0.29) is 36.3 Å². The molecule has 6 heteroatoms. The second kappa shape index (κ2) is 8.95. The van der Waals surface area contributed by atoms with Gasteiger partial charge in [0, 0.05) is 25.6 Å². The summed E-state index contributed by atoms with van der Waals surface area (Å²) >= 11 is 0. The van der Waals surface area contributed by atoms with Gasteiger partial charge in [0.1, 0.15) is 11.6 Å². The molecular weight excluding hydrogens is 362 g/mol. The molecule has 148 valence electrons. The molecule has 0 radical (unpaired) electrons. The molecular formula is C22H24F2N2O2. The molecule has 2 atom stereocenters. The summed E-state index contributed by atoms with van der Waals surface area (Å²) in [5, 5.41) is 2.92. The Morgan fingerprint density at radius 3 is 2.46 bits per heavy atom. The molecule has 2 aromatic carbocycles. The fraction of sp³-hybridized carbons (Fsp3) is 0.364. The third kappa shape index (κ3) is 4.38. The number of nitrogens with one attached hydrogen (secondary N) is 1. The van der Waals surface area contributed by atoms with Crippen molar-refractivity contribution in [3.05, 3.63) is 71.3 Å². The number of benzene rings is 2. The summed E-state index contributed by atoms with van der Waals surface area (Å²) in [6.45, 7) is 3.10. The largest absolute Gasteiger partial charge is 0.356 e. The molecule has 28 heavy (non-hydrogen) atoms. The summed E-state index contributed by atoms with van der Waals surface area (Å²) in [4.78, 5) is 27.1. The van der Waals surface area contributed by atoms with E-state index in [1.807, 2.05) is 6.92 Å². The van der Waals surface area contributed by atoms with Crippen molar-refractivity contribution in [3.63, 3.8) is 0 Å². The van der Waals surface area contributed by atoms with E-state index in [9.17, 15) is 18.4 Å². The van der Waals surface area contributed by atoms with E-state index in [1.165, 1.54) is 35.2 Å². The van der Waals surface area contributed by atoms with E-state index in [0.717, 1.165) is 18.4 Å². The van der Waals surface area contributed by atoms with E-state index in [4.69, 9.17) is 0 Å². The number of rotatable bonds is 6. The van der Waals surface area contributed by atoms with Crippen LogP contribution in [0.5, 0.6) is 0 Å². The number of carbonyl (C=O) groups excluding carboxylic acids is 2. The summed E-state index contributed by atoms with van der Waals surface area (Å²) in [5.41, 5.74) is 0.785. The molecule has 2 aromatic rings. The van der Waals surface area contributed by atoms with Gasteiger partial charge in [-0.25, -0.2) is 8.78 Å². The molecule has 0 spiro atoms. The van der Waals surface area contributed by atoms with Crippen LogP contribution in [-0.4, -0.2) is 36.3 Å². The Kier molecular flexibility index (Phi) is 6.39. The first-order valence-corrected chi connectivity index (χ1v) is 9.58. The average Bonchev–Trinajstić information content (AvgIpc) is 3.14. The topological polar surface area (TPSA) is 49.4 Å². The van der Waals surface area contributed by atoms with Gasteiger partial charge in [-0.05, 0) is 36.2 Å². The second-order valence-corrected chi connectivity index (χ2v) is 7.10. The molecule has 0 aromatic heterocycles. The SMILES string of the molecule is CCCCNC(=O)[C@@H]1CN(C(=O)c2ccccc2F)C[C@@H]1c1ccc(F)cc1. The standard InChI is InChI=1S/C22H24F2N2O2/c1-2-3-12-25-21(27)19-14-26(22(28)17-6-4-5-7-20(17)24)13-18(19)15-8-10-16(23)11-9-15/h4-11,18-19H,2-3,12-14H2,1H3,(H,25,27)/t18-,19-/m1/s1. The number of nitrogens with zero attached hydrogens (tertiary/aromatic N) is 1. The van der Waals surface area contributed by atoms with Gasteiger partial charge in [0.05, 0.1) is 11.5 Å². The van der Waals surface area contributed by atoms with Gasteiger partial charge in [-0.1, -0.05) is 37.6 Å². The zero-order valence-corrected chi connectivity index (χ0v) is 15.8. The Morgan fingerprint density at radius 2 is 1.79 bits per heavy atom. The summed E-state index contributed by atoms with van der Waals surface area (Å²) in [7, 11) is 0. The lowest BCUT2D eigenvalue weighted by Gasteiger charge is -2.18. The lowest BCUT2D eigenvalue weighted by atomic mass is 9.88.